The number of quaternary nitrogens is 1. The van der Waals surface area contributed by atoms with Crippen molar-refractivity contribution in [2.24, 2.45) is 0 Å². The van der Waals surface area contributed by atoms with Gasteiger partial charge in [0.05, 0.1) is 34.4 Å². The molecule has 2 unspecified atom stereocenters. The number of likely N-dealkylation sites (N-methyl/N-ethyl adjacent to an activating group) is 1. The Hall–Kier alpha value is -3.36. The molecule has 0 aromatic rings. The SMILES string of the molecule is CC/C=C\C/C=C\C/C=C\C/C=C\C/C=C\C/C=C\C/C=C\CCCCCCOCC(COP(=O)([O-])OCC[N+](C)(C)C)OC(=O)CC/C=C\C/C=C\C/C=C\C/C=C\CC. The fourth-order valence-electron chi connectivity index (χ4n) is 5.24. The number of nitrogens with zero attached hydrogens (tertiary/aromatic N) is 1. The Balaban J connectivity index is 4.33. The van der Waals surface area contributed by atoms with Crippen molar-refractivity contribution < 1.29 is 37.3 Å². The predicted octanol–water partition coefficient (Wildman–Crippen LogP) is 13.3. The van der Waals surface area contributed by atoms with E-state index in [1.807, 2.05) is 33.3 Å². The van der Waals surface area contributed by atoms with Crippen LogP contribution in [0, 0.1) is 0 Å². The molecule has 0 fully saturated rings. The molecule has 0 aliphatic rings. The Labute approximate surface area is 373 Å². The molecule has 0 saturated carbocycles. The predicted molar refractivity (Wildman–Crippen MR) is 258 cm³/mol. The number of allylic oxidation sites excluding steroid dienone is 22. The number of phosphoric ester groups is 1. The second-order valence-corrected chi connectivity index (χ2v) is 17.1. The number of carbonyl (C=O) groups is 1. The summed E-state index contributed by atoms with van der Waals surface area (Å²) in [5.41, 5.74) is 0. The van der Waals surface area contributed by atoms with Gasteiger partial charge in [-0.15, -0.1) is 0 Å². The molecule has 0 amide bonds. The van der Waals surface area contributed by atoms with E-state index in [0.717, 1.165) is 103 Å². The van der Waals surface area contributed by atoms with Crippen LogP contribution in [0.3, 0.4) is 0 Å². The molecule has 0 bridgehead atoms. The molecule has 0 aromatic heterocycles. The highest BCUT2D eigenvalue weighted by atomic mass is 31.2. The van der Waals surface area contributed by atoms with E-state index in [4.69, 9.17) is 18.5 Å². The molecule has 0 rings (SSSR count). The second-order valence-electron chi connectivity index (χ2n) is 15.6. The summed E-state index contributed by atoms with van der Waals surface area (Å²) in [5.74, 6) is -0.430. The van der Waals surface area contributed by atoms with Crippen LogP contribution in [0.1, 0.15) is 129 Å². The van der Waals surface area contributed by atoms with E-state index in [-0.39, 0.29) is 26.2 Å². The number of ether oxygens (including phenoxy) is 2. The Kier molecular flexibility index (Phi) is 40.9. The average Bonchev–Trinajstić information content (AvgIpc) is 3.22. The third-order valence-corrected chi connectivity index (χ3v) is 9.67. The number of esters is 1. The van der Waals surface area contributed by atoms with Crippen molar-refractivity contribution in [2.45, 2.75) is 136 Å². The van der Waals surface area contributed by atoms with Gasteiger partial charge in [0.2, 0.25) is 0 Å². The van der Waals surface area contributed by atoms with Crippen LogP contribution in [0.4, 0.5) is 0 Å². The third-order valence-electron chi connectivity index (χ3n) is 8.71. The quantitative estimate of drug-likeness (QED) is 0.0199. The van der Waals surface area contributed by atoms with Crippen molar-refractivity contribution in [3.63, 3.8) is 0 Å². The van der Waals surface area contributed by atoms with Crippen molar-refractivity contribution in [2.75, 3.05) is 54.1 Å². The lowest BCUT2D eigenvalue weighted by atomic mass is 10.1. The number of rotatable bonds is 40. The van der Waals surface area contributed by atoms with Crippen LogP contribution in [0.15, 0.2) is 134 Å². The van der Waals surface area contributed by atoms with Crippen molar-refractivity contribution >= 4 is 13.8 Å². The summed E-state index contributed by atoms with van der Waals surface area (Å²) in [4.78, 5) is 25.0. The minimum absolute atomic E-state index is 0.000627. The van der Waals surface area contributed by atoms with Crippen molar-refractivity contribution in [1.82, 2.24) is 0 Å². The van der Waals surface area contributed by atoms with Gasteiger partial charge in [0.15, 0.2) is 0 Å². The smallest absolute Gasteiger partial charge is 0.306 e. The Bertz CT molecular complexity index is 1420. The van der Waals surface area contributed by atoms with Crippen LogP contribution >= 0.6 is 7.82 Å². The fraction of sp³-hybridized carbons (Fsp3) is 0.558. The topological polar surface area (TPSA) is 94.1 Å². The molecule has 0 radical (unpaired) electrons. The Morgan fingerprint density at radius 2 is 0.902 bits per heavy atom. The molecule has 8 nitrogen and oxygen atoms in total. The van der Waals surface area contributed by atoms with Crippen LogP contribution in [0.25, 0.3) is 0 Å². The first-order valence-corrected chi connectivity index (χ1v) is 24.4. The van der Waals surface area contributed by atoms with Gasteiger partial charge in [0.25, 0.3) is 7.82 Å². The van der Waals surface area contributed by atoms with Gasteiger partial charge in [-0.3, -0.25) is 9.36 Å². The van der Waals surface area contributed by atoms with Crippen LogP contribution in [0.5, 0.6) is 0 Å². The van der Waals surface area contributed by atoms with E-state index in [1.54, 1.807) is 0 Å². The largest absolute Gasteiger partial charge is 0.756 e. The zero-order chi connectivity index (χ0) is 44.8. The standard InChI is InChI=1S/C52H84NO7P/c1-6-8-10-12-14-16-18-20-21-22-23-24-25-26-27-28-29-30-31-32-34-36-38-40-42-44-47-57-49-51(50-59-61(55,56)58-48-46-53(3,4)5)60-52(54)45-43-41-39-37-35-33-19-17-15-13-11-9-7-2/h8-11,14-17,20-21,23-24,26-27,29-30,32-35,39,41,51H,6-7,12-13,18-19,22,25,28,31,36-38,40,42-50H2,1-5H3/b10-8-,11-9-,16-14-,17-15-,21-20-,24-23-,27-26-,30-29-,34-32-,35-33-,41-39-. The van der Waals surface area contributed by atoms with Gasteiger partial charge in [-0.25, -0.2) is 0 Å². The fourth-order valence-corrected chi connectivity index (χ4v) is 5.97. The molecular weight excluding hydrogens is 782 g/mol. The zero-order valence-electron chi connectivity index (χ0n) is 38.8. The lowest BCUT2D eigenvalue weighted by Crippen LogP contribution is -2.37. The Morgan fingerprint density at radius 1 is 0.508 bits per heavy atom. The highest BCUT2D eigenvalue weighted by Gasteiger charge is 2.20. The van der Waals surface area contributed by atoms with Crippen LogP contribution in [-0.2, 0) is 27.9 Å². The minimum Gasteiger partial charge on any atom is -0.756 e. The summed E-state index contributed by atoms with van der Waals surface area (Å²) >= 11 is 0. The van der Waals surface area contributed by atoms with Crippen LogP contribution in [-0.4, -0.2) is 70.7 Å². The second kappa shape index (κ2) is 43.3. The van der Waals surface area contributed by atoms with E-state index >= 15 is 0 Å². The first-order valence-electron chi connectivity index (χ1n) is 22.9. The van der Waals surface area contributed by atoms with Gasteiger partial charge in [0, 0.05) is 13.0 Å². The molecule has 344 valence electrons. The first-order chi connectivity index (χ1) is 29.6. The van der Waals surface area contributed by atoms with Crippen molar-refractivity contribution in [1.29, 1.82) is 0 Å². The highest BCUT2D eigenvalue weighted by Crippen LogP contribution is 2.38. The van der Waals surface area contributed by atoms with Crippen LogP contribution < -0.4 is 4.89 Å². The first kappa shape index (κ1) is 57.6. The maximum atomic E-state index is 12.6. The van der Waals surface area contributed by atoms with E-state index in [9.17, 15) is 14.3 Å². The van der Waals surface area contributed by atoms with Crippen molar-refractivity contribution in [3.05, 3.63) is 134 Å². The van der Waals surface area contributed by atoms with Gasteiger partial charge in [-0.2, -0.15) is 0 Å². The van der Waals surface area contributed by atoms with Gasteiger partial charge in [-0.05, 0) is 96.3 Å². The summed E-state index contributed by atoms with van der Waals surface area (Å²) in [6.07, 6.45) is 63.6. The lowest BCUT2D eigenvalue weighted by Gasteiger charge is -2.28. The number of carbonyl (C=O) groups excluding carboxylic acids is 1. The Morgan fingerprint density at radius 3 is 1.33 bits per heavy atom. The average molecular weight is 866 g/mol. The molecule has 9 heteroatoms. The van der Waals surface area contributed by atoms with E-state index in [0.29, 0.717) is 24.1 Å². The lowest BCUT2D eigenvalue weighted by molar-refractivity contribution is -0.870. The summed E-state index contributed by atoms with van der Waals surface area (Å²) in [5, 5.41) is 0. The minimum atomic E-state index is -4.56. The zero-order valence-corrected chi connectivity index (χ0v) is 39.7. The maximum Gasteiger partial charge on any atom is 0.306 e. The normalized spacial score (nSPS) is 14.9. The molecule has 0 N–H and O–H groups in total. The van der Waals surface area contributed by atoms with Gasteiger partial charge >= 0.3 is 5.97 Å². The third kappa shape index (κ3) is 47.5. The molecule has 0 heterocycles. The maximum absolute atomic E-state index is 12.6. The van der Waals surface area contributed by atoms with E-state index in [1.165, 1.54) is 0 Å². The van der Waals surface area contributed by atoms with Crippen molar-refractivity contribution in [3.8, 4) is 0 Å². The molecule has 0 aliphatic heterocycles. The monoisotopic (exact) mass is 866 g/mol. The molecule has 2 atom stereocenters. The number of unbranched alkanes of at least 4 members (excludes halogenated alkanes) is 4. The number of hydrogen-bond acceptors (Lipinski definition) is 7. The number of phosphoric acid groups is 1. The molecular formula is C52H84NO7P. The van der Waals surface area contributed by atoms with Gasteiger partial charge in [0.1, 0.15) is 19.3 Å². The van der Waals surface area contributed by atoms with E-state index in [2.05, 4.69) is 135 Å². The summed E-state index contributed by atoms with van der Waals surface area (Å²) in [6.45, 7) is 4.96. The highest BCUT2D eigenvalue weighted by molar-refractivity contribution is 7.45. The summed E-state index contributed by atoms with van der Waals surface area (Å²) in [6, 6.07) is 0. The van der Waals surface area contributed by atoms with E-state index < -0.39 is 19.9 Å². The molecule has 0 aliphatic carbocycles. The molecule has 0 saturated heterocycles. The van der Waals surface area contributed by atoms with Gasteiger partial charge < -0.3 is 27.9 Å². The summed E-state index contributed by atoms with van der Waals surface area (Å²) in [7, 11) is 1.27. The molecule has 61 heavy (non-hydrogen) atoms. The van der Waals surface area contributed by atoms with Crippen LogP contribution in [0.2, 0.25) is 0 Å². The molecule has 0 spiro atoms. The molecule has 0 aromatic carbocycles. The summed E-state index contributed by atoms with van der Waals surface area (Å²) < 4.78 is 34.4. The number of hydrogen-bond donors (Lipinski definition) is 0. The van der Waals surface area contributed by atoms with Gasteiger partial charge in [-0.1, -0.05) is 160 Å².